The number of ether oxygens (including phenoxy) is 2. The van der Waals surface area contributed by atoms with Crippen molar-refractivity contribution in [1.29, 1.82) is 0 Å². The molecule has 2 atom stereocenters. The summed E-state index contributed by atoms with van der Waals surface area (Å²) in [4.78, 5) is 11.7. The van der Waals surface area contributed by atoms with Gasteiger partial charge < -0.3 is 19.1 Å². The zero-order chi connectivity index (χ0) is 16.9. The molecule has 1 aliphatic rings. The number of fused-ring (bicyclic) bond motifs is 1. The highest BCUT2D eigenvalue weighted by Gasteiger charge is 2.61. The Morgan fingerprint density at radius 3 is 2.32 bits per heavy atom. The molecule has 0 radical (unpaired) electrons. The second-order valence-electron chi connectivity index (χ2n) is 7.13. The predicted octanol–water partition coefficient (Wildman–Crippen LogP) is 3.31. The molecule has 122 valence electrons. The van der Waals surface area contributed by atoms with Crippen molar-refractivity contribution in [3.8, 4) is 11.5 Å². The topological polar surface area (TPSA) is 72.8 Å². The molecule has 1 aromatic carbocycles. The fourth-order valence-electron chi connectivity index (χ4n) is 2.80. The first-order valence-corrected chi connectivity index (χ1v) is 8.93. The summed E-state index contributed by atoms with van der Waals surface area (Å²) in [7, 11) is -1.70. The summed E-state index contributed by atoms with van der Waals surface area (Å²) in [6.07, 6.45) is 0. The Balaban J connectivity index is 2.78. The Morgan fingerprint density at radius 1 is 1.27 bits per heavy atom. The Bertz CT molecular complexity index is 657. The van der Waals surface area contributed by atoms with Crippen molar-refractivity contribution in [3.05, 3.63) is 18.2 Å². The average molecular weight is 326 g/mol. The number of aliphatic carboxylic acids is 1. The van der Waals surface area contributed by atoms with Gasteiger partial charge in [0.2, 0.25) is 0 Å². The smallest absolute Gasteiger partial charge is 0.313 e. The molecule has 2 rings (SSSR count). The molecular formula is C16H23O5P. The number of benzene rings is 1. The summed E-state index contributed by atoms with van der Waals surface area (Å²) in [5.41, 5.74) is -1.28. The first-order chi connectivity index (χ1) is 9.97. The fourth-order valence-corrected chi connectivity index (χ4v) is 6.63. The Labute approximate surface area is 131 Å². The maximum Gasteiger partial charge on any atom is 0.313 e. The molecule has 22 heavy (non-hydrogen) atoms. The molecule has 0 spiro atoms. The van der Waals surface area contributed by atoms with Crippen LogP contribution in [0.5, 0.6) is 11.5 Å². The van der Waals surface area contributed by atoms with Crippen LogP contribution in [0.2, 0.25) is 0 Å². The average Bonchev–Trinajstić information content (AvgIpc) is 2.73. The van der Waals surface area contributed by atoms with Crippen LogP contribution in [0, 0.1) is 5.41 Å². The fraction of sp³-hybridized carbons (Fsp3) is 0.562. The van der Waals surface area contributed by atoms with Crippen molar-refractivity contribution in [2.75, 3.05) is 7.11 Å². The molecule has 1 heterocycles. The van der Waals surface area contributed by atoms with Gasteiger partial charge in [0.15, 0.2) is 13.0 Å². The van der Waals surface area contributed by atoms with Gasteiger partial charge in [-0.05, 0) is 26.0 Å². The maximum absolute atomic E-state index is 14.1. The number of hydrogen-bond donors (Lipinski definition) is 1. The second kappa shape index (κ2) is 5.02. The van der Waals surface area contributed by atoms with Crippen LogP contribution in [-0.4, -0.2) is 29.2 Å². The van der Waals surface area contributed by atoms with Gasteiger partial charge in [0.25, 0.3) is 0 Å². The van der Waals surface area contributed by atoms with Crippen LogP contribution in [0.25, 0.3) is 0 Å². The molecule has 1 aromatic rings. The van der Waals surface area contributed by atoms with Gasteiger partial charge in [-0.2, -0.15) is 0 Å². The number of rotatable bonds is 3. The SMILES string of the molecule is COc1cccc2c1P(=O)(C(C)(C)C)[C@@H](C(C)(C)C(=O)O)O2. The lowest BCUT2D eigenvalue weighted by Crippen LogP contribution is -2.43. The third kappa shape index (κ3) is 2.14. The summed E-state index contributed by atoms with van der Waals surface area (Å²) in [6.45, 7) is 8.66. The minimum absolute atomic E-state index is 0.455. The predicted molar refractivity (Wildman–Crippen MR) is 85.8 cm³/mol. The van der Waals surface area contributed by atoms with E-state index in [1.54, 1.807) is 32.0 Å². The van der Waals surface area contributed by atoms with Gasteiger partial charge >= 0.3 is 5.97 Å². The van der Waals surface area contributed by atoms with Crippen molar-refractivity contribution in [3.63, 3.8) is 0 Å². The van der Waals surface area contributed by atoms with Crippen molar-refractivity contribution in [2.24, 2.45) is 5.41 Å². The lowest BCUT2D eigenvalue weighted by molar-refractivity contribution is -0.149. The zero-order valence-corrected chi connectivity index (χ0v) is 14.7. The molecule has 0 bridgehead atoms. The molecule has 0 aliphatic carbocycles. The first kappa shape index (κ1) is 16.9. The summed E-state index contributed by atoms with van der Waals surface area (Å²) in [5, 5.41) is 9.44. The first-order valence-electron chi connectivity index (χ1n) is 7.15. The van der Waals surface area contributed by atoms with Crippen molar-refractivity contribution < 1.29 is 23.9 Å². The molecule has 0 fully saturated rings. The summed E-state index contributed by atoms with van der Waals surface area (Å²) in [5.74, 6) is -1.02. The molecule has 1 aliphatic heterocycles. The molecule has 0 amide bonds. The van der Waals surface area contributed by atoms with E-state index < -0.39 is 29.5 Å². The van der Waals surface area contributed by atoms with Crippen LogP contribution >= 0.6 is 7.14 Å². The normalized spacial score (nSPS) is 24.5. The van der Waals surface area contributed by atoms with E-state index in [0.717, 1.165) is 0 Å². The van der Waals surface area contributed by atoms with E-state index in [9.17, 15) is 14.5 Å². The molecule has 1 unspecified atom stereocenters. The molecular weight excluding hydrogens is 303 g/mol. The third-order valence-corrected chi connectivity index (χ3v) is 8.76. The third-order valence-electron chi connectivity index (χ3n) is 4.25. The standard InChI is InChI=1S/C16H23O5P/c1-15(2,3)22(19)12-10(20-6)8-7-9-11(12)21-14(22)16(4,5)13(17)18/h7-9,14H,1-6H3,(H,17,18)/t14-,22?/m0/s1. The Hall–Kier alpha value is -1.48. The van der Waals surface area contributed by atoms with Crippen LogP contribution in [0.15, 0.2) is 18.2 Å². The van der Waals surface area contributed by atoms with Crippen molar-refractivity contribution in [2.45, 2.75) is 45.6 Å². The van der Waals surface area contributed by atoms with E-state index in [0.29, 0.717) is 16.8 Å². The van der Waals surface area contributed by atoms with E-state index in [-0.39, 0.29) is 0 Å². The van der Waals surface area contributed by atoms with Gasteiger partial charge in [0, 0.05) is 5.16 Å². The molecule has 0 aromatic heterocycles. The number of methoxy groups -OCH3 is 1. The van der Waals surface area contributed by atoms with E-state index in [4.69, 9.17) is 9.47 Å². The van der Waals surface area contributed by atoms with Gasteiger partial charge in [0.05, 0.1) is 12.4 Å². The van der Waals surface area contributed by atoms with Crippen LogP contribution in [0.1, 0.15) is 34.6 Å². The number of carbonyl (C=O) groups is 1. The highest BCUT2D eigenvalue weighted by molar-refractivity contribution is 7.74. The number of carboxylic acid groups (broad SMARTS) is 1. The number of carboxylic acids is 1. The van der Waals surface area contributed by atoms with E-state index in [1.807, 2.05) is 20.8 Å². The molecule has 1 N–H and O–H groups in total. The monoisotopic (exact) mass is 326 g/mol. The Kier molecular flexibility index (Phi) is 3.85. The highest BCUT2D eigenvalue weighted by atomic mass is 31.2. The van der Waals surface area contributed by atoms with Crippen LogP contribution < -0.4 is 14.8 Å². The zero-order valence-electron chi connectivity index (χ0n) is 13.8. The molecule has 5 nitrogen and oxygen atoms in total. The van der Waals surface area contributed by atoms with Crippen molar-refractivity contribution in [1.82, 2.24) is 0 Å². The summed E-state index contributed by atoms with van der Waals surface area (Å²) < 4.78 is 25.3. The summed E-state index contributed by atoms with van der Waals surface area (Å²) in [6, 6.07) is 5.20. The minimum Gasteiger partial charge on any atom is -0.496 e. The lowest BCUT2D eigenvalue weighted by atomic mass is 9.95. The molecule has 0 saturated heterocycles. The van der Waals surface area contributed by atoms with E-state index >= 15 is 0 Å². The van der Waals surface area contributed by atoms with E-state index in [2.05, 4.69) is 0 Å². The van der Waals surface area contributed by atoms with Gasteiger partial charge in [0.1, 0.15) is 16.9 Å². The van der Waals surface area contributed by atoms with E-state index in [1.165, 1.54) is 7.11 Å². The maximum atomic E-state index is 14.1. The van der Waals surface area contributed by atoms with Gasteiger partial charge in [-0.1, -0.05) is 26.8 Å². The number of hydrogen-bond acceptors (Lipinski definition) is 4. The molecule has 6 heteroatoms. The Morgan fingerprint density at radius 2 is 1.86 bits per heavy atom. The minimum atomic E-state index is -3.21. The lowest BCUT2D eigenvalue weighted by Gasteiger charge is -2.37. The largest absolute Gasteiger partial charge is 0.496 e. The quantitative estimate of drug-likeness (QED) is 0.863. The van der Waals surface area contributed by atoms with Gasteiger partial charge in [-0.3, -0.25) is 4.79 Å². The van der Waals surface area contributed by atoms with Gasteiger partial charge in [-0.15, -0.1) is 0 Å². The summed E-state index contributed by atoms with van der Waals surface area (Å²) >= 11 is 0. The van der Waals surface area contributed by atoms with Crippen LogP contribution in [0.4, 0.5) is 0 Å². The van der Waals surface area contributed by atoms with Crippen LogP contribution in [-0.2, 0) is 9.36 Å². The highest BCUT2D eigenvalue weighted by Crippen LogP contribution is 2.70. The van der Waals surface area contributed by atoms with Crippen LogP contribution in [0.3, 0.4) is 0 Å². The second-order valence-corrected chi connectivity index (χ2v) is 10.7. The van der Waals surface area contributed by atoms with Gasteiger partial charge in [-0.25, -0.2) is 0 Å². The van der Waals surface area contributed by atoms with Crippen molar-refractivity contribution >= 4 is 18.4 Å². The molecule has 0 saturated carbocycles.